The number of nitrogens with one attached hydrogen (secondary N) is 1. The number of benzene rings is 1. The molecule has 7 heteroatoms. The van der Waals surface area contributed by atoms with E-state index in [9.17, 15) is 12.8 Å². The average molecular weight is 373 g/mol. The van der Waals surface area contributed by atoms with Crippen molar-refractivity contribution in [3.8, 4) is 0 Å². The summed E-state index contributed by atoms with van der Waals surface area (Å²) in [7, 11) is -3.57. The van der Waals surface area contributed by atoms with Crippen molar-refractivity contribution in [1.82, 2.24) is 9.62 Å². The first kappa shape index (κ1) is 18.2. The van der Waals surface area contributed by atoms with Crippen molar-refractivity contribution in [3.05, 3.63) is 29.6 Å². The first-order valence-corrected chi connectivity index (χ1v) is 11.2. The molecule has 2 heterocycles. The quantitative estimate of drug-likeness (QED) is 0.863. The highest BCUT2D eigenvalue weighted by Gasteiger charge is 2.28. The minimum absolute atomic E-state index is 0.171. The molecule has 0 bridgehead atoms. The van der Waals surface area contributed by atoms with E-state index in [2.05, 4.69) is 9.62 Å². The first-order valence-electron chi connectivity index (χ1n) is 8.53. The summed E-state index contributed by atoms with van der Waals surface area (Å²) in [6, 6.07) is 4.51. The van der Waals surface area contributed by atoms with Gasteiger partial charge in [-0.25, -0.2) is 17.5 Å². The summed E-state index contributed by atoms with van der Waals surface area (Å²) in [5, 5.41) is 0. The van der Waals surface area contributed by atoms with Crippen LogP contribution in [0, 0.1) is 18.7 Å². The van der Waals surface area contributed by atoms with Crippen molar-refractivity contribution in [2.75, 3.05) is 31.1 Å². The number of thioether (sulfide) groups is 1. The molecule has 1 aromatic carbocycles. The lowest BCUT2D eigenvalue weighted by Crippen LogP contribution is -2.43. The molecule has 134 valence electrons. The Morgan fingerprint density at radius 1 is 1.29 bits per heavy atom. The molecular formula is C17H25FN2O2S2. The Balaban J connectivity index is 1.52. The molecule has 0 spiro atoms. The van der Waals surface area contributed by atoms with E-state index in [1.54, 1.807) is 6.92 Å². The molecule has 4 nitrogen and oxygen atoms in total. The van der Waals surface area contributed by atoms with E-state index in [0.717, 1.165) is 32.0 Å². The van der Waals surface area contributed by atoms with Gasteiger partial charge < -0.3 is 0 Å². The SMILES string of the molecule is Cc1cc(F)ccc1S(=O)(=O)NCC1CCN(C2CCSC2)CC1. The molecule has 0 aromatic heterocycles. The molecule has 1 unspecified atom stereocenters. The minimum atomic E-state index is -3.57. The lowest BCUT2D eigenvalue weighted by Gasteiger charge is -2.35. The second-order valence-electron chi connectivity index (χ2n) is 6.76. The van der Waals surface area contributed by atoms with Gasteiger partial charge in [-0.3, -0.25) is 4.90 Å². The fraction of sp³-hybridized carbons (Fsp3) is 0.647. The Bertz CT molecular complexity index is 667. The number of hydrogen-bond donors (Lipinski definition) is 1. The second-order valence-corrected chi connectivity index (χ2v) is 9.64. The van der Waals surface area contributed by atoms with Gasteiger partial charge in [-0.05, 0) is 74.7 Å². The summed E-state index contributed by atoms with van der Waals surface area (Å²) in [5.74, 6) is 2.47. The van der Waals surface area contributed by atoms with Crippen molar-refractivity contribution in [1.29, 1.82) is 0 Å². The molecule has 0 aliphatic carbocycles. The number of likely N-dealkylation sites (tertiary alicyclic amines) is 1. The van der Waals surface area contributed by atoms with Crippen LogP contribution in [0.15, 0.2) is 23.1 Å². The zero-order valence-corrected chi connectivity index (χ0v) is 15.6. The van der Waals surface area contributed by atoms with Crippen molar-refractivity contribution < 1.29 is 12.8 Å². The van der Waals surface area contributed by atoms with E-state index in [-0.39, 0.29) is 4.90 Å². The van der Waals surface area contributed by atoms with Gasteiger partial charge in [0.05, 0.1) is 4.90 Å². The fourth-order valence-electron chi connectivity index (χ4n) is 3.55. The van der Waals surface area contributed by atoms with Crippen molar-refractivity contribution >= 4 is 21.8 Å². The Hall–Kier alpha value is -0.630. The summed E-state index contributed by atoms with van der Waals surface area (Å²) in [6.45, 7) is 4.21. The molecule has 2 aliphatic heterocycles. The zero-order valence-electron chi connectivity index (χ0n) is 14.0. The zero-order chi connectivity index (χ0) is 17.2. The largest absolute Gasteiger partial charge is 0.300 e. The Kier molecular flexibility index (Phi) is 5.85. The van der Waals surface area contributed by atoms with Crippen LogP contribution in [0.3, 0.4) is 0 Å². The lowest BCUT2D eigenvalue weighted by molar-refractivity contribution is 0.145. The maximum atomic E-state index is 13.2. The topological polar surface area (TPSA) is 49.4 Å². The van der Waals surface area contributed by atoms with Crippen molar-refractivity contribution in [3.63, 3.8) is 0 Å². The highest BCUT2D eigenvalue weighted by Crippen LogP contribution is 2.27. The fourth-order valence-corrected chi connectivity index (χ4v) is 6.15. The summed E-state index contributed by atoms with van der Waals surface area (Å²) in [5.41, 5.74) is 0.441. The standard InChI is InChI=1S/C17H25FN2O2S2/c1-13-10-15(18)2-3-17(13)24(21,22)19-11-14-4-7-20(8-5-14)16-6-9-23-12-16/h2-3,10,14,16,19H,4-9,11-12H2,1H3. The summed E-state index contributed by atoms with van der Waals surface area (Å²) < 4.78 is 40.7. The summed E-state index contributed by atoms with van der Waals surface area (Å²) >= 11 is 2.03. The molecular weight excluding hydrogens is 347 g/mol. The third kappa shape index (κ3) is 4.31. The highest BCUT2D eigenvalue weighted by atomic mass is 32.2. The van der Waals surface area contributed by atoms with E-state index in [0.29, 0.717) is 18.0 Å². The van der Waals surface area contributed by atoms with Crippen molar-refractivity contribution in [2.45, 2.75) is 37.1 Å². The molecule has 0 saturated carbocycles. The van der Waals surface area contributed by atoms with Gasteiger partial charge in [0, 0.05) is 18.3 Å². The van der Waals surface area contributed by atoms with Crippen LogP contribution >= 0.6 is 11.8 Å². The number of rotatable bonds is 5. The Morgan fingerprint density at radius 3 is 2.67 bits per heavy atom. The first-order chi connectivity index (χ1) is 11.5. The molecule has 1 atom stereocenters. The monoisotopic (exact) mass is 372 g/mol. The van der Waals surface area contributed by atoms with E-state index >= 15 is 0 Å². The average Bonchev–Trinajstić information content (AvgIpc) is 3.07. The number of hydrogen-bond acceptors (Lipinski definition) is 4. The van der Waals surface area contributed by atoms with Crippen LogP contribution in [-0.2, 0) is 10.0 Å². The maximum Gasteiger partial charge on any atom is 0.240 e. The molecule has 2 fully saturated rings. The summed E-state index contributed by atoms with van der Waals surface area (Å²) in [6.07, 6.45) is 3.35. The predicted molar refractivity (Wildman–Crippen MR) is 96.4 cm³/mol. The van der Waals surface area contributed by atoms with Gasteiger partial charge >= 0.3 is 0 Å². The maximum absolute atomic E-state index is 13.2. The third-order valence-corrected chi connectivity index (χ3v) is 7.79. The second kappa shape index (κ2) is 7.72. The molecule has 1 aromatic rings. The van der Waals surface area contributed by atoms with Crippen LogP contribution in [0.4, 0.5) is 4.39 Å². The lowest BCUT2D eigenvalue weighted by atomic mass is 9.96. The molecule has 3 rings (SSSR count). The minimum Gasteiger partial charge on any atom is -0.300 e. The predicted octanol–water partition coefficient (Wildman–Crippen LogP) is 2.63. The molecule has 0 radical (unpaired) electrons. The number of piperidine rings is 1. The van der Waals surface area contributed by atoms with Crippen LogP contribution in [0.5, 0.6) is 0 Å². The van der Waals surface area contributed by atoms with E-state index in [1.165, 1.54) is 36.1 Å². The smallest absolute Gasteiger partial charge is 0.240 e. The third-order valence-electron chi connectivity index (χ3n) is 5.06. The van der Waals surface area contributed by atoms with Crippen LogP contribution in [0.25, 0.3) is 0 Å². The van der Waals surface area contributed by atoms with Crippen LogP contribution in [0.2, 0.25) is 0 Å². The summed E-state index contributed by atoms with van der Waals surface area (Å²) in [4.78, 5) is 2.74. The van der Waals surface area contributed by atoms with Gasteiger partial charge in [-0.1, -0.05) is 0 Å². The molecule has 24 heavy (non-hydrogen) atoms. The van der Waals surface area contributed by atoms with E-state index < -0.39 is 15.8 Å². The van der Waals surface area contributed by atoms with Gasteiger partial charge in [0.25, 0.3) is 0 Å². The van der Waals surface area contributed by atoms with Gasteiger partial charge in [-0.2, -0.15) is 11.8 Å². The van der Waals surface area contributed by atoms with Crippen molar-refractivity contribution in [2.24, 2.45) is 5.92 Å². The molecule has 2 aliphatic rings. The van der Waals surface area contributed by atoms with Gasteiger partial charge in [0.2, 0.25) is 10.0 Å². The Morgan fingerprint density at radius 2 is 2.04 bits per heavy atom. The number of nitrogens with zero attached hydrogens (tertiary/aromatic N) is 1. The van der Waals surface area contributed by atoms with E-state index in [4.69, 9.17) is 0 Å². The van der Waals surface area contributed by atoms with Crippen LogP contribution < -0.4 is 4.72 Å². The molecule has 0 amide bonds. The van der Waals surface area contributed by atoms with Gasteiger partial charge in [0.15, 0.2) is 0 Å². The number of halogens is 1. The number of sulfonamides is 1. The number of aryl methyl sites for hydroxylation is 1. The van der Waals surface area contributed by atoms with Gasteiger partial charge in [-0.15, -0.1) is 0 Å². The normalized spacial score (nSPS) is 23.7. The molecule has 2 saturated heterocycles. The van der Waals surface area contributed by atoms with Crippen LogP contribution in [-0.4, -0.2) is 50.5 Å². The Labute approximate surface area is 148 Å². The van der Waals surface area contributed by atoms with Gasteiger partial charge in [0.1, 0.15) is 5.82 Å². The highest BCUT2D eigenvalue weighted by molar-refractivity contribution is 7.99. The van der Waals surface area contributed by atoms with E-state index in [1.807, 2.05) is 11.8 Å². The van der Waals surface area contributed by atoms with Crippen LogP contribution in [0.1, 0.15) is 24.8 Å². The molecule has 1 N–H and O–H groups in total.